The molecule has 0 aromatic carbocycles. The topological polar surface area (TPSA) is 34.1 Å². The molecule has 0 aromatic rings. The zero-order valence-corrected chi connectivity index (χ0v) is 14.7. The summed E-state index contributed by atoms with van der Waals surface area (Å²) >= 11 is 0. The quantitative estimate of drug-likeness (QED) is 0.335. The Bertz CT molecular complexity index is 382. The number of sulfone groups is 1. The Hall–Kier alpha value is -0.310. The summed E-state index contributed by atoms with van der Waals surface area (Å²) in [5.41, 5.74) is 1.15. The predicted molar refractivity (Wildman–Crippen MR) is 92.4 cm³/mol. The molecule has 0 unspecified atom stereocenters. The monoisotopic (exact) mass is 314 g/mol. The second-order valence-electron chi connectivity index (χ2n) is 6.56. The number of hydrogen-bond acceptors (Lipinski definition) is 2. The van der Waals surface area contributed by atoms with E-state index in [1.807, 2.05) is 6.08 Å². The Morgan fingerprint density at radius 2 is 1.29 bits per heavy atom. The summed E-state index contributed by atoms with van der Waals surface area (Å²) in [7, 11) is -2.75. The van der Waals surface area contributed by atoms with Gasteiger partial charge < -0.3 is 0 Å². The average Bonchev–Trinajstić information content (AvgIpc) is 2.79. The van der Waals surface area contributed by atoms with Gasteiger partial charge in [0.05, 0.1) is 11.5 Å². The highest BCUT2D eigenvalue weighted by molar-refractivity contribution is 7.92. The summed E-state index contributed by atoms with van der Waals surface area (Å²) in [5.74, 6) is 0.603. The van der Waals surface area contributed by atoms with Crippen molar-refractivity contribution in [2.45, 2.75) is 90.4 Å². The van der Waals surface area contributed by atoms with Crippen LogP contribution in [0, 0.1) is 0 Å². The second-order valence-corrected chi connectivity index (χ2v) is 8.67. The van der Waals surface area contributed by atoms with Gasteiger partial charge in [0.2, 0.25) is 0 Å². The molecule has 1 aliphatic heterocycles. The maximum absolute atomic E-state index is 11.3. The standard InChI is InChI=1S/C18H34O2S/c1-2-3-4-5-6-7-8-9-10-11-12-13-14-18-15-16-21(19,20)17-18/h15H,2-14,16-17H2,1H3. The van der Waals surface area contributed by atoms with Gasteiger partial charge in [-0.2, -0.15) is 0 Å². The van der Waals surface area contributed by atoms with Gasteiger partial charge in [0, 0.05) is 0 Å². The molecule has 0 fully saturated rings. The van der Waals surface area contributed by atoms with E-state index in [4.69, 9.17) is 0 Å². The first kappa shape index (κ1) is 18.7. The highest BCUT2D eigenvalue weighted by Crippen LogP contribution is 2.19. The van der Waals surface area contributed by atoms with E-state index < -0.39 is 9.84 Å². The minimum atomic E-state index is -2.75. The third-order valence-corrected chi connectivity index (χ3v) is 5.87. The first-order valence-electron chi connectivity index (χ1n) is 9.02. The van der Waals surface area contributed by atoms with Gasteiger partial charge >= 0.3 is 0 Å². The van der Waals surface area contributed by atoms with Gasteiger partial charge in [0.25, 0.3) is 0 Å². The van der Waals surface area contributed by atoms with E-state index in [1.54, 1.807) is 0 Å². The molecule has 3 heteroatoms. The molecule has 1 heterocycles. The van der Waals surface area contributed by atoms with E-state index in [9.17, 15) is 8.42 Å². The van der Waals surface area contributed by atoms with Gasteiger partial charge in [-0.25, -0.2) is 8.42 Å². The maximum atomic E-state index is 11.3. The van der Waals surface area contributed by atoms with E-state index in [-0.39, 0.29) is 5.75 Å². The number of rotatable bonds is 13. The molecule has 0 spiro atoms. The lowest BCUT2D eigenvalue weighted by Gasteiger charge is -2.03. The van der Waals surface area contributed by atoms with Crippen molar-refractivity contribution in [1.29, 1.82) is 0 Å². The zero-order valence-electron chi connectivity index (χ0n) is 13.9. The van der Waals surface area contributed by atoms with Crippen molar-refractivity contribution in [2.24, 2.45) is 0 Å². The first-order valence-corrected chi connectivity index (χ1v) is 10.8. The van der Waals surface area contributed by atoms with Crippen LogP contribution in [0.1, 0.15) is 90.4 Å². The third-order valence-electron chi connectivity index (χ3n) is 4.38. The highest BCUT2D eigenvalue weighted by atomic mass is 32.2. The zero-order chi connectivity index (χ0) is 15.4. The molecule has 0 N–H and O–H groups in total. The molecule has 0 bridgehead atoms. The summed E-state index contributed by atoms with van der Waals surface area (Å²) in [5, 5.41) is 0. The Kier molecular flexibility index (Phi) is 10.1. The van der Waals surface area contributed by atoms with Gasteiger partial charge in [-0.1, -0.05) is 89.2 Å². The Balaban J connectivity index is 1.79. The molecule has 0 radical (unpaired) electrons. The molecule has 2 nitrogen and oxygen atoms in total. The van der Waals surface area contributed by atoms with Crippen LogP contribution in [0.25, 0.3) is 0 Å². The minimum Gasteiger partial charge on any atom is -0.228 e. The number of unbranched alkanes of at least 4 members (excludes halogenated alkanes) is 11. The first-order chi connectivity index (χ1) is 10.1. The SMILES string of the molecule is CCCCCCCCCCCCCCC1=CCS(=O)(=O)C1. The Morgan fingerprint density at radius 3 is 1.71 bits per heavy atom. The van der Waals surface area contributed by atoms with Crippen molar-refractivity contribution >= 4 is 9.84 Å². The molecule has 0 saturated heterocycles. The normalized spacial score (nSPS) is 17.1. The van der Waals surface area contributed by atoms with Crippen molar-refractivity contribution in [2.75, 3.05) is 11.5 Å². The highest BCUT2D eigenvalue weighted by Gasteiger charge is 2.18. The lowest BCUT2D eigenvalue weighted by Crippen LogP contribution is -2.02. The van der Waals surface area contributed by atoms with Gasteiger partial charge in [-0.05, 0) is 12.8 Å². The lowest BCUT2D eigenvalue weighted by atomic mass is 10.0. The van der Waals surface area contributed by atoms with Crippen LogP contribution in [0.3, 0.4) is 0 Å². The molecule has 124 valence electrons. The van der Waals surface area contributed by atoms with Gasteiger partial charge in [-0.15, -0.1) is 0 Å². The van der Waals surface area contributed by atoms with Crippen molar-refractivity contribution in [3.63, 3.8) is 0 Å². The molecular weight excluding hydrogens is 280 g/mol. The number of hydrogen-bond donors (Lipinski definition) is 0. The molecular formula is C18H34O2S. The minimum absolute atomic E-state index is 0.278. The van der Waals surface area contributed by atoms with Crippen molar-refractivity contribution < 1.29 is 8.42 Å². The molecule has 1 aliphatic rings. The Morgan fingerprint density at radius 1 is 0.810 bits per heavy atom. The van der Waals surface area contributed by atoms with Crippen LogP contribution in [-0.2, 0) is 9.84 Å². The van der Waals surface area contributed by atoms with Crippen molar-refractivity contribution in [3.8, 4) is 0 Å². The van der Waals surface area contributed by atoms with Crippen LogP contribution >= 0.6 is 0 Å². The summed E-state index contributed by atoms with van der Waals surface area (Å²) in [6, 6.07) is 0. The van der Waals surface area contributed by atoms with Gasteiger partial charge in [0.15, 0.2) is 9.84 Å². The van der Waals surface area contributed by atoms with E-state index in [1.165, 1.54) is 77.0 Å². The van der Waals surface area contributed by atoms with Crippen LogP contribution in [0.15, 0.2) is 11.6 Å². The van der Waals surface area contributed by atoms with E-state index in [0.717, 1.165) is 12.0 Å². The second kappa shape index (κ2) is 11.3. The molecule has 0 aromatic heterocycles. The Labute approximate surface area is 132 Å². The van der Waals surface area contributed by atoms with Crippen molar-refractivity contribution in [3.05, 3.63) is 11.6 Å². The summed E-state index contributed by atoms with van der Waals surface area (Å²) in [6.07, 6.45) is 19.2. The molecule has 0 aliphatic carbocycles. The fourth-order valence-corrected chi connectivity index (χ4v) is 4.45. The van der Waals surface area contributed by atoms with E-state index in [0.29, 0.717) is 5.75 Å². The maximum Gasteiger partial charge on any atom is 0.157 e. The van der Waals surface area contributed by atoms with Gasteiger partial charge in [0.1, 0.15) is 0 Å². The van der Waals surface area contributed by atoms with E-state index >= 15 is 0 Å². The summed E-state index contributed by atoms with van der Waals surface area (Å²) < 4.78 is 22.6. The van der Waals surface area contributed by atoms with Crippen LogP contribution in [0.5, 0.6) is 0 Å². The van der Waals surface area contributed by atoms with Crippen molar-refractivity contribution in [1.82, 2.24) is 0 Å². The summed E-state index contributed by atoms with van der Waals surface area (Å²) in [4.78, 5) is 0. The molecule has 21 heavy (non-hydrogen) atoms. The third kappa shape index (κ3) is 10.1. The lowest BCUT2D eigenvalue weighted by molar-refractivity contribution is 0.543. The van der Waals surface area contributed by atoms with Crippen LogP contribution in [-0.4, -0.2) is 19.9 Å². The van der Waals surface area contributed by atoms with Crippen LogP contribution in [0.4, 0.5) is 0 Å². The van der Waals surface area contributed by atoms with E-state index in [2.05, 4.69) is 6.92 Å². The molecule has 0 atom stereocenters. The molecule has 0 amide bonds. The summed E-state index contributed by atoms with van der Waals surface area (Å²) in [6.45, 7) is 2.27. The average molecular weight is 315 g/mol. The largest absolute Gasteiger partial charge is 0.228 e. The predicted octanol–water partition coefficient (Wildman–Crippen LogP) is 5.43. The van der Waals surface area contributed by atoms with Crippen LogP contribution in [0.2, 0.25) is 0 Å². The molecule has 0 saturated carbocycles. The van der Waals surface area contributed by atoms with Gasteiger partial charge in [-0.3, -0.25) is 0 Å². The fourth-order valence-electron chi connectivity index (χ4n) is 3.01. The molecule has 1 rings (SSSR count). The fraction of sp³-hybridized carbons (Fsp3) is 0.889. The van der Waals surface area contributed by atoms with Crippen LogP contribution < -0.4 is 0 Å². The smallest absolute Gasteiger partial charge is 0.157 e.